The van der Waals surface area contributed by atoms with Gasteiger partial charge >= 0.3 is 6.03 Å². The third-order valence-electron chi connectivity index (χ3n) is 2.80. The molecule has 1 fully saturated rings. The van der Waals surface area contributed by atoms with Crippen LogP contribution in [0.25, 0.3) is 0 Å². The summed E-state index contributed by atoms with van der Waals surface area (Å²) in [5, 5.41) is 3.69. The molecule has 0 bridgehead atoms. The molecule has 1 saturated heterocycles. The first kappa shape index (κ1) is 13.2. The highest BCUT2D eigenvalue weighted by Crippen LogP contribution is 2.25. The van der Waals surface area contributed by atoms with Crippen molar-refractivity contribution >= 4 is 23.5 Å². The van der Waals surface area contributed by atoms with Crippen molar-refractivity contribution in [3.63, 3.8) is 0 Å². The fraction of sp³-hybridized carbons (Fsp3) is 0.462. The van der Waals surface area contributed by atoms with Crippen LogP contribution < -0.4 is 5.32 Å². The normalized spacial score (nSPS) is 23.8. The van der Waals surface area contributed by atoms with Gasteiger partial charge in [0.05, 0.1) is 0 Å². The lowest BCUT2D eigenvalue weighted by atomic mass is 10.3. The zero-order valence-corrected chi connectivity index (χ0v) is 11.3. The first-order valence-corrected chi connectivity index (χ1v) is 6.96. The summed E-state index contributed by atoms with van der Waals surface area (Å²) in [4.78, 5) is 13.9. The van der Waals surface area contributed by atoms with Crippen LogP contribution in [0.2, 0.25) is 0 Å². The van der Waals surface area contributed by atoms with Crippen molar-refractivity contribution in [2.24, 2.45) is 0 Å². The summed E-state index contributed by atoms with van der Waals surface area (Å²) in [5.41, 5.74) is 0.625. The van der Waals surface area contributed by atoms with E-state index >= 15 is 0 Å². The Morgan fingerprint density at radius 3 is 2.39 bits per heavy atom. The van der Waals surface area contributed by atoms with Crippen molar-refractivity contribution in [3.8, 4) is 0 Å². The maximum atomic E-state index is 12.8. The van der Waals surface area contributed by atoms with Crippen LogP contribution >= 0.6 is 11.8 Å². The molecule has 3 nitrogen and oxygen atoms in total. The van der Waals surface area contributed by atoms with Crippen LogP contribution in [0.15, 0.2) is 24.3 Å². The first-order chi connectivity index (χ1) is 8.54. The van der Waals surface area contributed by atoms with Crippen molar-refractivity contribution in [2.75, 3.05) is 18.4 Å². The molecule has 2 amide bonds. The number of nitrogens with zero attached hydrogens (tertiary/aromatic N) is 1. The molecule has 18 heavy (non-hydrogen) atoms. The third-order valence-corrected chi connectivity index (χ3v) is 4.03. The molecule has 0 aliphatic carbocycles. The van der Waals surface area contributed by atoms with Crippen molar-refractivity contribution in [1.29, 1.82) is 0 Å². The van der Waals surface area contributed by atoms with Crippen LogP contribution in [-0.4, -0.2) is 34.5 Å². The monoisotopic (exact) mass is 268 g/mol. The van der Waals surface area contributed by atoms with E-state index in [-0.39, 0.29) is 11.8 Å². The molecule has 5 heteroatoms. The maximum absolute atomic E-state index is 12.8. The van der Waals surface area contributed by atoms with Gasteiger partial charge in [0.25, 0.3) is 0 Å². The second kappa shape index (κ2) is 5.61. The lowest BCUT2D eigenvalue weighted by Crippen LogP contribution is -2.45. The van der Waals surface area contributed by atoms with E-state index in [1.54, 1.807) is 12.1 Å². The van der Waals surface area contributed by atoms with E-state index in [1.807, 2.05) is 16.7 Å². The molecule has 1 aromatic rings. The van der Waals surface area contributed by atoms with E-state index in [2.05, 4.69) is 19.2 Å². The fourth-order valence-corrected chi connectivity index (χ4v) is 3.40. The highest BCUT2D eigenvalue weighted by Gasteiger charge is 2.25. The molecule has 0 aromatic heterocycles. The predicted octanol–water partition coefficient (Wildman–Crippen LogP) is 3.18. The van der Waals surface area contributed by atoms with Gasteiger partial charge in [0, 0.05) is 29.3 Å². The Labute approximate surface area is 111 Å². The molecular formula is C13H17FN2OS. The average Bonchev–Trinajstić information content (AvgIpc) is 2.31. The lowest BCUT2D eigenvalue weighted by molar-refractivity contribution is 0.211. The van der Waals surface area contributed by atoms with Gasteiger partial charge in [0.2, 0.25) is 0 Å². The number of rotatable bonds is 1. The molecule has 1 aliphatic heterocycles. The number of thioether (sulfide) groups is 1. The highest BCUT2D eigenvalue weighted by atomic mass is 32.2. The molecule has 0 saturated carbocycles. The Morgan fingerprint density at radius 1 is 1.28 bits per heavy atom. The summed E-state index contributed by atoms with van der Waals surface area (Å²) in [6, 6.07) is 5.71. The zero-order chi connectivity index (χ0) is 13.1. The number of carbonyl (C=O) groups is 1. The second-order valence-corrected chi connectivity index (χ2v) is 6.48. The number of halogens is 1. The van der Waals surface area contributed by atoms with Crippen LogP contribution in [0.5, 0.6) is 0 Å². The number of hydrogen-bond donors (Lipinski definition) is 1. The Hall–Kier alpha value is -1.23. The van der Waals surface area contributed by atoms with Crippen LogP contribution in [0, 0.1) is 5.82 Å². The van der Waals surface area contributed by atoms with Gasteiger partial charge < -0.3 is 10.2 Å². The van der Waals surface area contributed by atoms with Gasteiger partial charge in [0.15, 0.2) is 0 Å². The van der Waals surface area contributed by atoms with Gasteiger partial charge in [-0.3, -0.25) is 0 Å². The smallest absolute Gasteiger partial charge is 0.321 e. The first-order valence-electron chi connectivity index (χ1n) is 6.01. The zero-order valence-electron chi connectivity index (χ0n) is 10.5. The average molecular weight is 268 g/mol. The van der Waals surface area contributed by atoms with E-state index < -0.39 is 0 Å². The number of benzene rings is 1. The largest absolute Gasteiger partial charge is 0.322 e. The van der Waals surface area contributed by atoms with Crippen LogP contribution in [0.3, 0.4) is 0 Å². The summed E-state index contributed by atoms with van der Waals surface area (Å²) in [7, 11) is 0. The van der Waals surface area contributed by atoms with Crippen molar-refractivity contribution in [2.45, 2.75) is 24.3 Å². The highest BCUT2D eigenvalue weighted by molar-refractivity contribution is 8.00. The molecule has 1 N–H and O–H groups in total. The summed E-state index contributed by atoms with van der Waals surface area (Å²) in [5.74, 6) is -0.301. The summed E-state index contributed by atoms with van der Waals surface area (Å²) >= 11 is 1.90. The van der Waals surface area contributed by atoms with Gasteiger partial charge in [-0.25, -0.2) is 9.18 Å². The molecule has 1 aromatic carbocycles. The maximum Gasteiger partial charge on any atom is 0.321 e. The summed E-state index contributed by atoms with van der Waals surface area (Å²) in [6.45, 7) is 5.75. The Morgan fingerprint density at radius 2 is 1.83 bits per heavy atom. The molecule has 2 rings (SSSR count). The van der Waals surface area contributed by atoms with Crippen molar-refractivity contribution in [1.82, 2.24) is 4.90 Å². The number of amides is 2. The fourth-order valence-electron chi connectivity index (χ4n) is 2.08. The standard InChI is InChI=1S/C13H17FN2OS/c1-9-7-16(8-10(2)18-9)13(17)15-12-5-3-11(14)4-6-12/h3-6,9-10H,7-8H2,1-2H3,(H,15,17). The van der Waals surface area contributed by atoms with E-state index in [0.717, 1.165) is 13.1 Å². The van der Waals surface area contributed by atoms with Crippen molar-refractivity contribution in [3.05, 3.63) is 30.1 Å². The predicted molar refractivity (Wildman–Crippen MR) is 73.5 cm³/mol. The Bertz CT molecular complexity index is 414. The third kappa shape index (κ3) is 3.38. The molecular weight excluding hydrogens is 251 g/mol. The van der Waals surface area contributed by atoms with Gasteiger partial charge in [-0.05, 0) is 24.3 Å². The van der Waals surface area contributed by atoms with E-state index in [4.69, 9.17) is 0 Å². The van der Waals surface area contributed by atoms with Gasteiger partial charge in [0.1, 0.15) is 5.82 Å². The molecule has 1 aliphatic rings. The second-order valence-electron chi connectivity index (χ2n) is 4.60. The number of hydrogen-bond acceptors (Lipinski definition) is 2. The van der Waals surface area contributed by atoms with E-state index in [9.17, 15) is 9.18 Å². The molecule has 2 unspecified atom stereocenters. The minimum atomic E-state index is -0.301. The lowest BCUT2D eigenvalue weighted by Gasteiger charge is -2.34. The quantitative estimate of drug-likeness (QED) is 0.848. The number of carbonyl (C=O) groups excluding carboxylic acids is 1. The molecule has 2 atom stereocenters. The molecule has 0 spiro atoms. The number of nitrogens with one attached hydrogen (secondary N) is 1. The topological polar surface area (TPSA) is 32.3 Å². The van der Waals surface area contributed by atoms with Gasteiger partial charge in [-0.1, -0.05) is 13.8 Å². The van der Waals surface area contributed by atoms with Gasteiger partial charge in [-0.2, -0.15) is 11.8 Å². The molecule has 98 valence electrons. The minimum Gasteiger partial charge on any atom is -0.322 e. The van der Waals surface area contributed by atoms with Crippen molar-refractivity contribution < 1.29 is 9.18 Å². The van der Waals surface area contributed by atoms with Crippen LogP contribution in [0.1, 0.15) is 13.8 Å². The van der Waals surface area contributed by atoms with Crippen LogP contribution in [-0.2, 0) is 0 Å². The Kier molecular flexibility index (Phi) is 4.11. The van der Waals surface area contributed by atoms with Crippen LogP contribution in [0.4, 0.5) is 14.9 Å². The van der Waals surface area contributed by atoms with Gasteiger partial charge in [-0.15, -0.1) is 0 Å². The number of anilines is 1. The molecule has 1 heterocycles. The number of urea groups is 1. The molecule has 0 radical (unpaired) electrons. The summed E-state index contributed by atoms with van der Waals surface area (Å²) < 4.78 is 12.8. The van der Waals surface area contributed by atoms with E-state index in [0.29, 0.717) is 16.2 Å². The minimum absolute atomic E-state index is 0.111. The Balaban J connectivity index is 1.97. The SMILES string of the molecule is CC1CN(C(=O)Nc2ccc(F)cc2)CC(C)S1. The summed E-state index contributed by atoms with van der Waals surface area (Å²) in [6.07, 6.45) is 0. The van der Waals surface area contributed by atoms with E-state index in [1.165, 1.54) is 12.1 Å².